The summed E-state index contributed by atoms with van der Waals surface area (Å²) in [5.74, 6) is -0.715. The van der Waals surface area contributed by atoms with Crippen LogP contribution in [0.15, 0.2) is 40.9 Å². The molecule has 0 aliphatic rings. The lowest BCUT2D eigenvalue weighted by atomic mass is 10.3. The van der Waals surface area contributed by atoms with Gasteiger partial charge in [-0.2, -0.15) is 9.57 Å². The van der Waals surface area contributed by atoms with E-state index < -0.39 is 16.0 Å². The first-order valence-electron chi connectivity index (χ1n) is 7.54. The maximum atomic E-state index is 12.4. The zero-order chi connectivity index (χ0) is 18.2. The van der Waals surface area contributed by atoms with Gasteiger partial charge in [0.25, 0.3) is 0 Å². The number of nitriles is 1. The van der Waals surface area contributed by atoms with Gasteiger partial charge >= 0.3 is 5.97 Å². The van der Waals surface area contributed by atoms with Crippen LogP contribution in [0.25, 0.3) is 0 Å². The molecule has 0 bridgehead atoms. The molecular weight excluding hydrogens is 330 g/mol. The van der Waals surface area contributed by atoms with Crippen LogP contribution in [0.1, 0.15) is 20.8 Å². The molecule has 0 aliphatic heterocycles. The van der Waals surface area contributed by atoms with Gasteiger partial charge in [-0.15, -0.1) is 0 Å². The number of nitrogens with one attached hydrogen (secondary N) is 1. The van der Waals surface area contributed by atoms with Crippen LogP contribution in [-0.4, -0.2) is 38.4 Å². The molecule has 1 rings (SSSR count). The highest BCUT2D eigenvalue weighted by atomic mass is 32.2. The molecule has 0 aliphatic carbocycles. The van der Waals surface area contributed by atoms with Gasteiger partial charge in [-0.05, 0) is 31.2 Å². The van der Waals surface area contributed by atoms with Crippen molar-refractivity contribution in [2.45, 2.75) is 25.7 Å². The Morgan fingerprint density at radius 3 is 2.29 bits per heavy atom. The zero-order valence-electron chi connectivity index (χ0n) is 13.9. The van der Waals surface area contributed by atoms with E-state index in [4.69, 9.17) is 10.00 Å². The van der Waals surface area contributed by atoms with Crippen molar-refractivity contribution in [1.82, 2.24) is 4.31 Å². The van der Waals surface area contributed by atoms with E-state index in [0.717, 1.165) is 0 Å². The van der Waals surface area contributed by atoms with Gasteiger partial charge in [-0.3, -0.25) is 0 Å². The first-order chi connectivity index (χ1) is 11.4. The maximum absolute atomic E-state index is 12.4. The van der Waals surface area contributed by atoms with Crippen LogP contribution in [0.4, 0.5) is 5.69 Å². The molecule has 0 saturated carbocycles. The Morgan fingerprint density at radius 1 is 1.25 bits per heavy atom. The number of benzene rings is 1. The molecule has 0 radical (unpaired) electrons. The number of esters is 1. The smallest absolute Gasteiger partial charge is 0.350 e. The van der Waals surface area contributed by atoms with Gasteiger partial charge < -0.3 is 10.1 Å². The predicted molar refractivity (Wildman–Crippen MR) is 90.5 cm³/mol. The molecule has 130 valence electrons. The fraction of sp³-hybridized carbons (Fsp3) is 0.375. The third-order valence-corrected chi connectivity index (χ3v) is 5.26. The third kappa shape index (κ3) is 4.81. The van der Waals surface area contributed by atoms with Crippen LogP contribution >= 0.6 is 0 Å². The lowest BCUT2D eigenvalue weighted by molar-refractivity contribution is -0.138. The van der Waals surface area contributed by atoms with E-state index >= 15 is 0 Å². The molecule has 0 heterocycles. The second-order valence-electron chi connectivity index (χ2n) is 4.65. The van der Waals surface area contributed by atoms with Crippen molar-refractivity contribution in [2.75, 3.05) is 25.0 Å². The molecule has 1 N–H and O–H groups in total. The Bertz CT molecular complexity index is 730. The van der Waals surface area contributed by atoms with Crippen LogP contribution in [0.2, 0.25) is 0 Å². The third-order valence-electron chi connectivity index (χ3n) is 3.20. The van der Waals surface area contributed by atoms with Gasteiger partial charge in [0.05, 0.1) is 11.5 Å². The highest BCUT2D eigenvalue weighted by molar-refractivity contribution is 7.89. The molecular formula is C16H21N3O4S. The van der Waals surface area contributed by atoms with E-state index in [2.05, 4.69) is 5.32 Å². The van der Waals surface area contributed by atoms with E-state index in [0.29, 0.717) is 18.8 Å². The SMILES string of the molecule is CCOC(=O)/C(C#N)=C\Nc1ccc(S(=O)(=O)N(CC)CC)cc1. The van der Waals surface area contributed by atoms with Crippen molar-refractivity contribution in [3.05, 3.63) is 36.0 Å². The number of carbonyl (C=O) groups excluding carboxylic acids is 1. The van der Waals surface area contributed by atoms with Crippen LogP contribution in [0, 0.1) is 11.3 Å². The highest BCUT2D eigenvalue weighted by Crippen LogP contribution is 2.18. The van der Waals surface area contributed by atoms with E-state index in [1.807, 2.05) is 0 Å². The topological polar surface area (TPSA) is 99.5 Å². The number of rotatable bonds is 8. The van der Waals surface area contributed by atoms with Crippen molar-refractivity contribution in [2.24, 2.45) is 0 Å². The van der Waals surface area contributed by atoms with Crippen molar-refractivity contribution in [3.8, 4) is 6.07 Å². The van der Waals surface area contributed by atoms with Crippen molar-refractivity contribution >= 4 is 21.7 Å². The number of nitrogens with zero attached hydrogens (tertiary/aromatic N) is 2. The molecule has 1 aromatic carbocycles. The fourth-order valence-electron chi connectivity index (χ4n) is 1.94. The second kappa shape index (κ2) is 9.05. The first kappa shape index (κ1) is 19.7. The summed E-state index contributed by atoms with van der Waals surface area (Å²) in [7, 11) is -3.51. The summed E-state index contributed by atoms with van der Waals surface area (Å²) in [5, 5.41) is 11.7. The number of sulfonamides is 1. The van der Waals surface area contributed by atoms with E-state index in [-0.39, 0.29) is 17.1 Å². The monoisotopic (exact) mass is 351 g/mol. The summed E-state index contributed by atoms with van der Waals surface area (Å²) in [5.41, 5.74) is 0.377. The van der Waals surface area contributed by atoms with Crippen LogP contribution in [0.3, 0.4) is 0 Å². The summed E-state index contributed by atoms with van der Waals surface area (Å²) < 4.78 is 30.8. The average Bonchev–Trinajstić information content (AvgIpc) is 2.57. The summed E-state index contributed by atoms with van der Waals surface area (Å²) in [6, 6.07) is 7.81. The van der Waals surface area contributed by atoms with E-state index in [1.165, 1.54) is 22.6 Å². The molecule has 8 heteroatoms. The summed E-state index contributed by atoms with van der Waals surface area (Å²) in [4.78, 5) is 11.7. The normalized spacial score (nSPS) is 11.9. The molecule has 0 saturated heterocycles. The van der Waals surface area contributed by atoms with Crippen molar-refractivity contribution < 1.29 is 17.9 Å². The lowest BCUT2D eigenvalue weighted by Gasteiger charge is -2.18. The van der Waals surface area contributed by atoms with E-state index in [1.54, 1.807) is 39.0 Å². The van der Waals surface area contributed by atoms with Gasteiger partial charge in [0.2, 0.25) is 10.0 Å². The number of hydrogen-bond donors (Lipinski definition) is 1. The number of carbonyl (C=O) groups is 1. The minimum atomic E-state index is -3.51. The lowest BCUT2D eigenvalue weighted by Crippen LogP contribution is -2.30. The summed E-state index contributed by atoms with van der Waals surface area (Å²) in [6.45, 7) is 6.17. The Hall–Kier alpha value is -2.37. The number of hydrogen-bond acceptors (Lipinski definition) is 6. The Labute approximate surface area is 142 Å². The van der Waals surface area contributed by atoms with Crippen molar-refractivity contribution in [3.63, 3.8) is 0 Å². The quantitative estimate of drug-likeness (QED) is 0.437. The Morgan fingerprint density at radius 2 is 1.83 bits per heavy atom. The minimum absolute atomic E-state index is 0.170. The maximum Gasteiger partial charge on any atom is 0.350 e. The summed E-state index contributed by atoms with van der Waals surface area (Å²) >= 11 is 0. The molecule has 1 aromatic rings. The molecule has 0 unspecified atom stereocenters. The number of ether oxygens (including phenoxy) is 1. The highest BCUT2D eigenvalue weighted by Gasteiger charge is 2.21. The summed E-state index contributed by atoms with van der Waals surface area (Å²) in [6.07, 6.45) is 1.23. The molecule has 24 heavy (non-hydrogen) atoms. The Balaban J connectivity index is 2.93. The zero-order valence-corrected chi connectivity index (χ0v) is 14.8. The van der Waals surface area contributed by atoms with Crippen LogP contribution in [0.5, 0.6) is 0 Å². The molecule has 0 aromatic heterocycles. The predicted octanol–water partition coefficient (Wildman–Crippen LogP) is 2.10. The van der Waals surface area contributed by atoms with Gasteiger partial charge in [0.1, 0.15) is 6.07 Å². The number of anilines is 1. The molecule has 0 fully saturated rings. The van der Waals surface area contributed by atoms with Gasteiger partial charge in [-0.25, -0.2) is 13.2 Å². The minimum Gasteiger partial charge on any atom is -0.462 e. The van der Waals surface area contributed by atoms with Crippen LogP contribution in [-0.2, 0) is 19.6 Å². The second-order valence-corrected chi connectivity index (χ2v) is 6.59. The van der Waals surface area contributed by atoms with Gasteiger partial charge in [0, 0.05) is 25.0 Å². The largest absolute Gasteiger partial charge is 0.462 e. The van der Waals surface area contributed by atoms with Gasteiger partial charge in [0.15, 0.2) is 5.57 Å². The molecule has 0 atom stereocenters. The molecule has 0 spiro atoms. The average molecular weight is 351 g/mol. The first-order valence-corrected chi connectivity index (χ1v) is 8.98. The van der Waals surface area contributed by atoms with Gasteiger partial charge in [-0.1, -0.05) is 13.8 Å². The van der Waals surface area contributed by atoms with Crippen molar-refractivity contribution in [1.29, 1.82) is 5.26 Å². The molecule has 7 nitrogen and oxygen atoms in total. The Kier molecular flexibility index (Phi) is 7.42. The fourth-order valence-corrected chi connectivity index (χ4v) is 3.39. The van der Waals surface area contributed by atoms with Crippen LogP contribution < -0.4 is 5.32 Å². The molecule has 0 amide bonds. The van der Waals surface area contributed by atoms with E-state index in [9.17, 15) is 13.2 Å². The standard InChI is InChI=1S/C16H21N3O4S/c1-4-19(5-2)24(21,22)15-9-7-14(8-10-15)18-12-13(11-17)16(20)23-6-3/h7-10,12,18H,4-6H2,1-3H3/b13-12-.